The predicted molar refractivity (Wildman–Crippen MR) is 128 cm³/mol. The van der Waals surface area contributed by atoms with Crippen molar-refractivity contribution < 1.29 is 17.9 Å². The van der Waals surface area contributed by atoms with Gasteiger partial charge in [-0.05, 0) is 56.9 Å². The molecule has 1 amide bonds. The van der Waals surface area contributed by atoms with Gasteiger partial charge in [-0.1, -0.05) is 13.8 Å². The summed E-state index contributed by atoms with van der Waals surface area (Å²) in [5.74, 6) is -0.587. The SMILES string of the molecule is CC(C)C(C)(C)S(=O)(=O)c1ccc(NC2NN([C@H]3COCC[C@@H]3C#N)C3CCNC(=O)C23)cc1. The molecule has 0 aromatic heterocycles. The van der Waals surface area contributed by atoms with E-state index in [1.165, 1.54) is 0 Å². The molecule has 186 valence electrons. The van der Waals surface area contributed by atoms with Crippen LogP contribution < -0.4 is 16.1 Å². The van der Waals surface area contributed by atoms with Crippen LogP contribution in [0.5, 0.6) is 0 Å². The van der Waals surface area contributed by atoms with E-state index in [0.29, 0.717) is 26.2 Å². The number of anilines is 1. The van der Waals surface area contributed by atoms with Crippen LogP contribution in [-0.4, -0.2) is 62.1 Å². The Kier molecular flexibility index (Phi) is 6.93. The highest BCUT2D eigenvalue weighted by atomic mass is 32.2. The molecule has 1 aromatic carbocycles. The molecule has 3 heterocycles. The number of benzene rings is 1. The van der Waals surface area contributed by atoms with Gasteiger partial charge in [0.15, 0.2) is 9.84 Å². The number of hydrogen-bond acceptors (Lipinski definition) is 8. The van der Waals surface area contributed by atoms with E-state index in [0.717, 1.165) is 12.1 Å². The van der Waals surface area contributed by atoms with Gasteiger partial charge < -0.3 is 15.4 Å². The van der Waals surface area contributed by atoms with Crippen molar-refractivity contribution in [3.8, 4) is 6.07 Å². The number of hydrogen-bond donors (Lipinski definition) is 3. The first-order chi connectivity index (χ1) is 16.1. The number of amides is 1. The summed E-state index contributed by atoms with van der Waals surface area (Å²) in [5.41, 5.74) is 4.16. The lowest BCUT2D eigenvalue weighted by Crippen LogP contribution is -2.56. The average Bonchev–Trinajstić information content (AvgIpc) is 3.18. The number of carbonyl (C=O) groups is 1. The van der Waals surface area contributed by atoms with Gasteiger partial charge in [-0.25, -0.2) is 18.9 Å². The van der Waals surface area contributed by atoms with Crippen molar-refractivity contribution in [2.45, 2.75) is 68.4 Å². The number of nitrogens with one attached hydrogen (secondary N) is 3. The Labute approximate surface area is 202 Å². The lowest BCUT2D eigenvalue weighted by molar-refractivity contribution is -0.128. The number of hydrazine groups is 1. The van der Waals surface area contributed by atoms with Crippen LogP contribution in [0.1, 0.15) is 40.5 Å². The number of rotatable bonds is 6. The Balaban J connectivity index is 1.55. The normalized spacial score (nSPS) is 30.5. The van der Waals surface area contributed by atoms with Gasteiger partial charge in [0.05, 0.1) is 40.2 Å². The standard InChI is InChI=1S/C24H35N5O4S/c1-15(2)24(3,4)34(31,32)18-7-5-17(6-8-18)27-22-21-19(9-11-26-23(21)30)29(28-22)20-14-33-12-10-16(20)13-25/h5-8,15-16,19-22,27-28H,9-12,14H2,1-4H3,(H,26,30)/t16-,19?,20+,21?,22?/m1/s1. The topological polar surface area (TPSA) is 124 Å². The van der Waals surface area contributed by atoms with Crippen molar-refractivity contribution >= 4 is 21.4 Å². The van der Waals surface area contributed by atoms with E-state index < -0.39 is 14.6 Å². The maximum Gasteiger partial charge on any atom is 0.228 e. The quantitative estimate of drug-likeness (QED) is 0.554. The minimum absolute atomic E-state index is 0.0353. The monoisotopic (exact) mass is 489 g/mol. The lowest BCUT2D eigenvalue weighted by atomic mass is 9.88. The van der Waals surface area contributed by atoms with Crippen LogP contribution in [0.3, 0.4) is 0 Å². The van der Waals surface area contributed by atoms with E-state index in [1.54, 1.807) is 38.1 Å². The maximum absolute atomic E-state index is 13.1. The minimum atomic E-state index is -3.50. The second-order valence-electron chi connectivity index (χ2n) is 10.3. The van der Waals surface area contributed by atoms with Gasteiger partial charge >= 0.3 is 0 Å². The second-order valence-corrected chi connectivity index (χ2v) is 12.8. The molecule has 0 radical (unpaired) electrons. The van der Waals surface area contributed by atoms with Crippen LogP contribution in [0, 0.1) is 29.1 Å². The summed E-state index contributed by atoms with van der Waals surface area (Å²) in [7, 11) is -3.50. The molecule has 3 N–H and O–H groups in total. The molecule has 3 fully saturated rings. The molecule has 0 spiro atoms. The zero-order valence-electron chi connectivity index (χ0n) is 20.2. The van der Waals surface area contributed by atoms with Gasteiger partial charge in [-0.3, -0.25) is 4.79 Å². The molecule has 3 saturated heterocycles. The molecule has 10 heteroatoms. The highest BCUT2D eigenvalue weighted by Crippen LogP contribution is 2.35. The van der Waals surface area contributed by atoms with E-state index in [1.807, 2.05) is 13.8 Å². The Bertz CT molecular complexity index is 1050. The number of fused-ring (bicyclic) bond motifs is 1. The number of ether oxygens (including phenoxy) is 1. The Morgan fingerprint density at radius 3 is 2.56 bits per heavy atom. The van der Waals surface area contributed by atoms with Crippen molar-refractivity contribution in [3.63, 3.8) is 0 Å². The molecule has 5 atom stereocenters. The van der Waals surface area contributed by atoms with E-state index >= 15 is 0 Å². The summed E-state index contributed by atoms with van der Waals surface area (Å²) in [6.45, 7) is 8.93. The summed E-state index contributed by atoms with van der Waals surface area (Å²) in [6, 6.07) is 8.94. The minimum Gasteiger partial charge on any atom is -0.380 e. The fourth-order valence-electron chi connectivity index (χ4n) is 4.97. The molecule has 1 aromatic rings. The zero-order valence-corrected chi connectivity index (χ0v) is 21.1. The summed E-state index contributed by atoms with van der Waals surface area (Å²) >= 11 is 0. The summed E-state index contributed by atoms with van der Waals surface area (Å²) < 4.78 is 31.0. The third-order valence-electron chi connectivity index (χ3n) is 7.88. The average molecular weight is 490 g/mol. The van der Waals surface area contributed by atoms with Crippen LogP contribution in [0.15, 0.2) is 29.2 Å². The van der Waals surface area contributed by atoms with Crippen molar-refractivity contribution in [2.24, 2.45) is 17.8 Å². The van der Waals surface area contributed by atoms with Gasteiger partial charge in [0.1, 0.15) is 6.17 Å². The lowest BCUT2D eigenvalue weighted by Gasteiger charge is -2.39. The number of sulfone groups is 1. The molecule has 3 aliphatic heterocycles. The van der Waals surface area contributed by atoms with E-state index in [-0.39, 0.29) is 46.8 Å². The Hall–Kier alpha value is -2.19. The van der Waals surface area contributed by atoms with Gasteiger partial charge in [0.25, 0.3) is 0 Å². The molecule has 34 heavy (non-hydrogen) atoms. The van der Waals surface area contributed by atoms with E-state index in [2.05, 4.69) is 27.1 Å². The van der Waals surface area contributed by atoms with Gasteiger partial charge in [0, 0.05) is 24.9 Å². The molecule has 0 saturated carbocycles. The highest BCUT2D eigenvalue weighted by molar-refractivity contribution is 7.92. The molecule has 0 aliphatic carbocycles. The van der Waals surface area contributed by atoms with Crippen molar-refractivity contribution in [2.75, 3.05) is 25.1 Å². The number of nitrogens with zero attached hydrogens (tertiary/aromatic N) is 2. The largest absolute Gasteiger partial charge is 0.380 e. The molecule has 9 nitrogen and oxygen atoms in total. The van der Waals surface area contributed by atoms with Crippen molar-refractivity contribution in [1.82, 2.24) is 15.8 Å². The number of carbonyl (C=O) groups excluding carboxylic acids is 1. The fourth-order valence-corrected chi connectivity index (χ4v) is 6.70. The van der Waals surface area contributed by atoms with E-state index in [9.17, 15) is 18.5 Å². The van der Waals surface area contributed by atoms with Crippen LogP contribution in [0.4, 0.5) is 5.69 Å². The number of nitriles is 1. The van der Waals surface area contributed by atoms with Crippen LogP contribution in [-0.2, 0) is 19.4 Å². The smallest absolute Gasteiger partial charge is 0.228 e. The summed E-state index contributed by atoms with van der Waals surface area (Å²) in [4.78, 5) is 13.1. The maximum atomic E-state index is 13.1. The molecular formula is C24H35N5O4S. The third kappa shape index (κ3) is 4.31. The summed E-state index contributed by atoms with van der Waals surface area (Å²) in [6.07, 6.45) is 1.06. The van der Waals surface area contributed by atoms with Crippen molar-refractivity contribution in [3.05, 3.63) is 24.3 Å². The molecule has 3 aliphatic rings. The fraction of sp³-hybridized carbons (Fsp3) is 0.667. The first-order valence-electron chi connectivity index (χ1n) is 12.0. The van der Waals surface area contributed by atoms with E-state index in [4.69, 9.17) is 4.74 Å². The molecule has 3 unspecified atom stereocenters. The van der Waals surface area contributed by atoms with Crippen LogP contribution in [0.2, 0.25) is 0 Å². The van der Waals surface area contributed by atoms with Gasteiger partial charge in [0.2, 0.25) is 5.91 Å². The molecule has 0 bridgehead atoms. The highest BCUT2D eigenvalue weighted by Gasteiger charge is 2.51. The van der Waals surface area contributed by atoms with Crippen LogP contribution >= 0.6 is 0 Å². The molecular weight excluding hydrogens is 454 g/mol. The zero-order chi connectivity index (χ0) is 24.7. The number of piperidine rings is 1. The molecule has 4 rings (SSSR count). The summed E-state index contributed by atoms with van der Waals surface area (Å²) in [5, 5.41) is 18.0. The Morgan fingerprint density at radius 1 is 1.21 bits per heavy atom. The third-order valence-corrected chi connectivity index (χ3v) is 10.6. The van der Waals surface area contributed by atoms with Gasteiger partial charge in [-0.15, -0.1) is 0 Å². The second kappa shape index (κ2) is 9.46. The van der Waals surface area contributed by atoms with Crippen molar-refractivity contribution in [1.29, 1.82) is 5.26 Å². The predicted octanol–water partition coefficient (Wildman–Crippen LogP) is 1.89. The first kappa shape index (κ1) is 24.9. The Morgan fingerprint density at radius 2 is 1.91 bits per heavy atom. The van der Waals surface area contributed by atoms with Crippen LogP contribution in [0.25, 0.3) is 0 Å². The van der Waals surface area contributed by atoms with Gasteiger partial charge in [-0.2, -0.15) is 5.26 Å². The first-order valence-corrected chi connectivity index (χ1v) is 13.5.